The van der Waals surface area contributed by atoms with Gasteiger partial charge in [-0.15, -0.1) is 11.3 Å². The van der Waals surface area contributed by atoms with Gasteiger partial charge in [-0.2, -0.15) is 5.10 Å². The minimum atomic E-state index is -0.963. The molecule has 2 aromatic rings. The van der Waals surface area contributed by atoms with Crippen molar-refractivity contribution in [3.63, 3.8) is 0 Å². The van der Waals surface area contributed by atoms with E-state index in [0.29, 0.717) is 11.8 Å². The Morgan fingerprint density at radius 1 is 1.58 bits per heavy atom. The molecule has 0 aliphatic rings. The highest BCUT2D eigenvalue weighted by Gasteiger charge is 2.13. The van der Waals surface area contributed by atoms with Crippen LogP contribution in [0.3, 0.4) is 0 Å². The quantitative estimate of drug-likeness (QED) is 0.882. The smallest absolute Gasteiger partial charge is 0.349 e. The third-order valence-electron chi connectivity index (χ3n) is 2.90. The van der Waals surface area contributed by atoms with E-state index in [0.717, 1.165) is 23.5 Å². The maximum absolute atomic E-state index is 10.9. The minimum Gasteiger partial charge on any atom is -0.485 e. The first-order valence-electron chi connectivity index (χ1n) is 6.09. The normalized spacial score (nSPS) is 12.3. The van der Waals surface area contributed by atoms with Crippen LogP contribution < -0.4 is 4.74 Å². The number of aromatic carboxylic acids is 1. The van der Waals surface area contributed by atoms with Crippen molar-refractivity contribution < 1.29 is 14.6 Å². The highest BCUT2D eigenvalue weighted by Crippen LogP contribution is 2.25. The molecule has 0 fully saturated rings. The Balaban J connectivity index is 2.00. The van der Waals surface area contributed by atoms with E-state index in [2.05, 4.69) is 18.9 Å². The molecule has 0 spiro atoms. The predicted octanol–water partition coefficient (Wildman–Crippen LogP) is 3.19. The first kappa shape index (κ1) is 13.6. The summed E-state index contributed by atoms with van der Waals surface area (Å²) >= 11 is 1.16. The molecule has 0 radical (unpaired) electrons. The Hall–Kier alpha value is -1.82. The molecular weight excluding hydrogens is 264 g/mol. The number of rotatable bonds is 6. The zero-order valence-corrected chi connectivity index (χ0v) is 11.7. The average molecular weight is 280 g/mol. The van der Waals surface area contributed by atoms with Crippen molar-refractivity contribution in [1.29, 1.82) is 0 Å². The monoisotopic (exact) mass is 280 g/mol. The summed E-state index contributed by atoms with van der Waals surface area (Å²) in [5.74, 6) is -0.564. The number of carboxylic acids is 1. The molecule has 2 heterocycles. The van der Waals surface area contributed by atoms with Gasteiger partial charge in [0.2, 0.25) is 0 Å². The second-order valence-corrected chi connectivity index (χ2v) is 5.17. The molecule has 0 amide bonds. The zero-order valence-electron chi connectivity index (χ0n) is 10.9. The van der Waals surface area contributed by atoms with Crippen LogP contribution >= 0.6 is 11.3 Å². The van der Waals surface area contributed by atoms with E-state index < -0.39 is 5.97 Å². The molecule has 5 nitrogen and oxygen atoms in total. The standard InChI is InChI=1S/C13H16N2O3S/c1-3-9(2)15-6-4-10(14-15)8-18-11-5-7-19-12(11)13(16)17/h4-7,9H,3,8H2,1-2H3,(H,16,17). The molecule has 2 aromatic heterocycles. The van der Waals surface area contributed by atoms with Gasteiger partial charge in [0.25, 0.3) is 0 Å². The van der Waals surface area contributed by atoms with Crippen LogP contribution in [0.1, 0.15) is 41.7 Å². The van der Waals surface area contributed by atoms with Gasteiger partial charge < -0.3 is 9.84 Å². The second kappa shape index (κ2) is 5.88. The van der Waals surface area contributed by atoms with E-state index in [1.807, 2.05) is 16.9 Å². The number of carbonyl (C=O) groups is 1. The molecule has 1 atom stereocenters. The van der Waals surface area contributed by atoms with E-state index in [1.54, 1.807) is 11.4 Å². The van der Waals surface area contributed by atoms with Crippen molar-refractivity contribution in [1.82, 2.24) is 9.78 Å². The number of thiophene rings is 1. The van der Waals surface area contributed by atoms with Crippen molar-refractivity contribution >= 4 is 17.3 Å². The Morgan fingerprint density at radius 3 is 3.05 bits per heavy atom. The summed E-state index contributed by atoms with van der Waals surface area (Å²) in [7, 11) is 0. The number of ether oxygens (including phenoxy) is 1. The maximum Gasteiger partial charge on any atom is 0.349 e. The molecule has 19 heavy (non-hydrogen) atoms. The van der Waals surface area contributed by atoms with Crippen molar-refractivity contribution in [3.05, 3.63) is 34.3 Å². The number of carboxylic acid groups (broad SMARTS) is 1. The van der Waals surface area contributed by atoms with Gasteiger partial charge >= 0.3 is 5.97 Å². The van der Waals surface area contributed by atoms with E-state index >= 15 is 0 Å². The fourth-order valence-electron chi connectivity index (χ4n) is 1.61. The van der Waals surface area contributed by atoms with Crippen LogP contribution in [0, 0.1) is 0 Å². The van der Waals surface area contributed by atoms with Crippen LogP contribution in [0.15, 0.2) is 23.7 Å². The van der Waals surface area contributed by atoms with Crippen LogP contribution in [0.2, 0.25) is 0 Å². The molecule has 0 saturated carbocycles. The molecular formula is C13H16N2O3S. The Labute approximate surface area is 115 Å². The Kier molecular flexibility index (Phi) is 4.21. The molecule has 6 heteroatoms. The van der Waals surface area contributed by atoms with E-state index in [1.165, 1.54) is 0 Å². The van der Waals surface area contributed by atoms with Crippen LogP contribution in [-0.2, 0) is 6.61 Å². The fourth-order valence-corrected chi connectivity index (χ4v) is 2.28. The van der Waals surface area contributed by atoms with Crippen LogP contribution in [0.25, 0.3) is 0 Å². The van der Waals surface area contributed by atoms with Gasteiger partial charge in [0.1, 0.15) is 12.4 Å². The molecule has 1 unspecified atom stereocenters. The summed E-state index contributed by atoms with van der Waals surface area (Å²) in [5.41, 5.74) is 0.794. The van der Waals surface area contributed by atoms with Crippen LogP contribution in [-0.4, -0.2) is 20.9 Å². The van der Waals surface area contributed by atoms with Gasteiger partial charge in [0, 0.05) is 12.2 Å². The summed E-state index contributed by atoms with van der Waals surface area (Å²) in [6.07, 6.45) is 2.92. The molecule has 0 bridgehead atoms. The lowest BCUT2D eigenvalue weighted by Gasteiger charge is -2.08. The lowest BCUT2D eigenvalue weighted by atomic mass is 10.3. The maximum atomic E-state index is 10.9. The SMILES string of the molecule is CCC(C)n1ccc(COc2ccsc2C(=O)O)n1. The van der Waals surface area contributed by atoms with Gasteiger partial charge in [-0.05, 0) is 30.9 Å². The van der Waals surface area contributed by atoms with Crippen molar-refractivity contribution in [3.8, 4) is 5.75 Å². The fraction of sp³-hybridized carbons (Fsp3) is 0.385. The topological polar surface area (TPSA) is 64.3 Å². The van der Waals surface area contributed by atoms with Gasteiger partial charge in [-0.3, -0.25) is 4.68 Å². The summed E-state index contributed by atoms with van der Waals surface area (Å²) in [6.45, 7) is 4.48. The summed E-state index contributed by atoms with van der Waals surface area (Å²) in [6, 6.07) is 3.91. The molecule has 0 aromatic carbocycles. The number of nitrogens with zero attached hydrogens (tertiary/aromatic N) is 2. The van der Waals surface area contributed by atoms with Gasteiger partial charge in [-0.25, -0.2) is 4.79 Å². The zero-order chi connectivity index (χ0) is 13.8. The molecule has 1 N–H and O–H groups in total. The van der Waals surface area contributed by atoms with Crippen molar-refractivity contribution in [2.45, 2.75) is 32.9 Å². The van der Waals surface area contributed by atoms with E-state index in [4.69, 9.17) is 9.84 Å². The highest BCUT2D eigenvalue weighted by molar-refractivity contribution is 7.12. The third-order valence-corrected chi connectivity index (χ3v) is 3.79. The summed E-state index contributed by atoms with van der Waals surface area (Å²) < 4.78 is 7.40. The van der Waals surface area contributed by atoms with Crippen LogP contribution in [0.5, 0.6) is 5.75 Å². The lowest BCUT2D eigenvalue weighted by molar-refractivity contribution is 0.0697. The average Bonchev–Trinajstić information content (AvgIpc) is 3.04. The van der Waals surface area contributed by atoms with Crippen molar-refractivity contribution in [2.75, 3.05) is 0 Å². The molecule has 2 rings (SSSR count). The largest absolute Gasteiger partial charge is 0.485 e. The van der Waals surface area contributed by atoms with Crippen LogP contribution in [0.4, 0.5) is 0 Å². The van der Waals surface area contributed by atoms with Gasteiger partial charge in [-0.1, -0.05) is 6.92 Å². The second-order valence-electron chi connectivity index (χ2n) is 4.25. The Bertz CT molecular complexity index is 562. The van der Waals surface area contributed by atoms with E-state index in [9.17, 15) is 4.79 Å². The Morgan fingerprint density at radius 2 is 2.37 bits per heavy atom. The van der Waals surface area contributed by atoms with Gasteiger partial charge in [0.15, 0.2) is 4.88 Å². The molecule has 0 saturated heterocycles. The molecule has 0 aliphatic heterocycles. The lowest BCUT2D eigenvalue weighted by Crippen LogP contribution is -2.06. The number of hydrogen-bond acceptors (Lipinski definition) is 4. The molecule has 102 valence electrons. The first-order valence-corrected chi connectivity index (χ1v) is 6.97. The first-order chi connectivity index (χ1) is 9.11. The number of aromatic nitrogens is 2. The predicted molar refractivity (Wildman–Crippen MR) is 72.8 cm³/mol. The van der Waals surface area contributed by atoms with Gasteiger partial charge in [0.05, 0.1) is 5.69 Å². The van der Waals surface area contributed by atoms with Crippen molar-refractivity contribution in [2.24, 2.45) is 0 Å². The minimum absolute atomic E-state index is 0.223. The highest BCUT2D eigenvalue weighted by atomic mass is 32.1. The van der Waals surface area contributed by atoms with E-state index in [-0.39, 0.29) is 11.5 Å². The number of hydrogen-bond donors (Lipinski definition) is 1. The summed E-state index contributed by atoms with van der Waals surface area (Å²) in [4.78, 5) is 11.2. The summed E-state index contributed by atoms with van der Waals surface area (Å²) in [5, 5.41) is 15.1. The molecule has 0 aliphatic carbocycles. The third kappa shape index (κ3) is 3.14.